The van der Waals surface area contributed by atoms with Crippen LogP contribution in [0.25, 0.3) is 0 Å². The van der Waals surface area contributed by atoms with E-state index in [1.165, 1.54) is 4.90 Å². The molecule has 1 fully saturated rings. The summed E-state index contributed by atoms with van der Waals surface area (Å²) in [5.74, 6) is -0.193. The summed E-state index contributed by atoms with van der Waals surface area (Å²) in [5.41, 5.74) is 3.28. The number of aryl methyl sites for hydroxylation is 2. The summed E-state index contributed by atoms with van der Waals surface area (Å²) in [6.45, 7) is 3.95. The van der Waals surface area contributed by atoms with Crippen molar-refractivity contribution < 1.29 is 9.59 Å². The number of nitrogens with one attached hydrogen (secondary N) is 1. The van der Waals surface area contributed by atoms with Crippen molar-refractivity contribution in [1.82, 2.24) is 4.90 Å². The van der Waals surface area contributed by atoms with Crippen molar-refractivity contribution in [3.05, 3.63) is 64.2 Å². The average Bonchev–Trinajstić information content (AvgIpc) is 2.59. The molecule has 0 unspecified atom stereocenters. The average molecular weight is 385 g/mol. The fourth-order valence-corrected chi connectivity index (χ4v) is 3.89. The second-order valence-corrected chi connectivity index (χ2v) is 7.86. The first-order chi connectivity index (χ1) is 12.8. The zero-order chi connectivity index (χ0) is 19.6. The van der Waals surface area contributed by atoms with Crippen LogP contribution in [0.4, 0.5) is 5.69 Å². The van der Waals surface area contributed by atoms with E-state index in [0.717, 1.165) is 41.6 Å². The minimum absolute atomic E-state index is 0.00673. The number of benzene rings is 2. The highest BCUT2D eigenvalue weighted by Crippen LogP contribution is 2.45. The third-order valence-corrected chi connectivity index (χ3v) is 5.74. The van der Waals surface area contributed by atoms with E-state index < -0.39 is 5.41 Å². The Hall–Kier alpha value is -2.33. The molecule has 2 aromatic rings. The Morgan fingerprint density at radius 2 is 1.67 bits per heavy atom. The molecule has 5 heteroatoms. The fraction of sp³-hybridized carbons (Fsp3) is 0.364. The quantitative estimate of drug-likeness (QED) is 0.826. The molecule has 4 nitrogen and oxygen atoms in total. The van der Waals surface area contributed by atoms with Crippen LogP contribution in [0, 0.1) is 13.8 Å². The molecule has 142 valence electrons. The molecule has 0 aliphatic heterocycles. The summed E-state index contributed by atoms with van der Waals surface area (Å²) in [6.07, 6.45) is 2.61. The van der Waals surface area contributed by atoms with Crippen molar-refractivity contribution in [2.24, 2.45) is 0 Å². The van der Waals surface area contributed by atoms with E-state index >= 15 is 0 Å². The highest BCUT2D eigenvalue weighted by Gasteiger charge is 2.47. The molecule has 1 aliphatic rings. The maximum absolute atomic E-state index is 13.2. The minimum atomic E-state index is -0.530. The SMILES string of the molecule is Cc1cccc(C)c1NC(=O)CN(C)C(=O)C1(c2ccc(Cl)cc2)CCC1. The van der Waals surface area contributed by atoms with Gasteiger partial charge in [-0.05, 0) is 55.5 Å². The number of para-hydroxylation sites is 1. The zero-order valence-electron chi connectivity index (χ0n) is 16.0. The van der Waals surface area contributed by atoms with E-state index in [-0.39, 0.29) is 18.4 Å². The number of amides is 2. The molecule has 0 saturated heterocycles. The van der Waals surface area contributed by atoms with Crippen LogP contribution in [-0.4, -0.2) is 30.3 Å². The van der Waals surface area contributed by atoms with E-state index in [0.29, 0.717) is 5.02 Å². The van der Waals surface area contributed by atoms with Gasteiger partial charge in [-0.3, -0.25) is 9.59 Å². The lowest BCUT2D eigenvalue weighted by atomic mass is 9.63. The highest BCUT2D eigenvalue weighted by molar-refractivity contribution is 6.30. The lowest BCUT2D eigenvalue weighted by Gasteiger charge is -2.43. The normalized spacial score (nSPS) is 15.0. The van der Waals surface area contributed by atoms with Gasteiger partial charge in [0, 0.05) is 17.8 Å². The smallest absolute Gasteiger partial charge is 0.243 e. The molecule has 0 atom stereocenters. The maximum atomic E-state index is 13.2. The Morgan fingerprint density at radius 1 is 1.07 bits per heavy atom. The van der Waals surface area contributed by atoms with Gasteiger partial charge >= 0.3 is 0 Å². The number of carbonyl (C=O) groups is 2. The topological polar surface area (TPSA) is 49.4 Å². The van der Waals surface area contributed by atoms with Gasteiger partial charge in [0.2, 0.25) is 11.8 Å². The Morgan fingerprint density at radius 3 is 2.19 bits per heavy atom. The highest BCUT2D eigenvalue weighted by atomic mass is 35.5. The predicted octanol–water partition coefficient (Wildman–Crippen LogP) is 4.48. The van der Waals surface area contributed by atoms with Gasteiger partial charge in [-0.15, -0.1) is 0 Å². The summed E-state index contributed by atoms with van der Waals surface area (Å²) in [6, 6.07) is 13.4. The van der Waals surface area contributed by atoms with Crippen LogP contribution in [0.2, 0.25) is 5.02 Å². The van der Waals surface area contributed by atoms with Crippen molar-refractivity contribution in [2.45, 2.75) is 38.5 Å². The minimum Gasteiger partial charge on any atom is -0.336 e. The monoisotopic (exact) mass is 384 g/mol. The molecule has 1 aliphatic carbocycles. The number of hydrogen-bond donors (Lipinski definition) is 1. The molecule has 1 N–H and O–H groups in total. The van der Waals surface area contributed by atoms with Gasteiger partial charge < -0.3 is 10.2 Å². The lowest BCUT2D eigenvalue weighted by molar-refractivity contribution is -0.141. The molecule has 1 saturated carbocycles. The van der Waals surface area contributed by atoms with Crippen molar-refractivity contribution in [2.75, 3.05) is 18.9 Å². The third kappa shape index (κ3) is 3.86. The zero-order valence-corrected chi connectivity index (χ0v) is 16.8. The largest absolute Gasteiger partial charge is 0.336 e. The van der Waals surface area contributed by atoms with Crippen LogP contribution >= 0.6 is 11.6 Å². The van der Waals surface area contributed by atoms with Crippen LogP contribution in [0.5, 0.6) is 0 Å². The van der Waals surface area contributed by atoms with Crippen molar-refractivity contribution in [1.29, 1.82) is 0 Å². The molecule has 0 radical (unpaired) electrons. The second-order valence-electron chi connectivity index (χ2n) is 7.42. The van der Waals surface area contributed by atoms with Crippen LogP contribution in [-0.2, 0) is 15.0 Å². The maximum Gasteiger partial charge on any atom is 0.243 e. The van der Waals surface area contributed by atoms with Gasteiger partial charge in [0.15, 0.2) is 0 Å². The summed E-state index contributed by atoms with van der Waals surface area (Å²) < 4.78 is 0. The van der Waals surface area contributed by atoms with Gasteiger partial charge in [-0.2, -0.15) is 0 Å². The first-order valence-corrected chi connectivity index (χ1v) is 9.59. The standard InChI is InChI=1S/C22H25ClN2O2/c1-15-6-4-7-16(2)20(15)24-19(26)14-25(3)21(27)22(12-5-13-22)17-8-10-18(23)11-9-17/h4,6-11H,5,12-14H2,1-3H3,(H,24,26). The Balaban J connectivity index is 1.71. The lowest BCUT2D eigenvalue weighted by Crippen LogP contribution is -2.51. The molecular formula is C22H25ClN2O2. The first kappa shape index (κ1) is 19.4. The van der Waals surface area contributed by atoms with Crippen LogP contribution in [0.3, 0.4) is 0 Å². The molecule has 0 aromatic heterocycles. The van der Waals surface area contributed by atoms with Crippen LogP contribution < -0.4 is 5.32 Å². The first-order valence-electron chi connectivity index (χ1n) is 9.21. The third-order valence-electron chi connectivity index (χ3n) is 5.49. The molecule has 0 heterocycles. The number of carbonyl (C=O) groups excluding carboxylic acids is 2. The number of hydrogen-bond acceptors (Lipinski definition) is 2. The molecular weight excluding hydrogens is 360 g/mol. The van der Waals surface area contributed by atoms with Crippen molar-refractivity contribution in [3.8, 4) is 0 Å². The molecule has 0 spiro atoms. The van der Waals surface area contributed by atoms with E-state index in [1.807, 2.05) is 56.3 Å². The van der Waals surface area contributed by atoms with E-state index in [9.17, 15) is 9.59 Å². The molecule has 2 aromatic carbocycles. The second kappa shape index (κ2) is 7.73. The van der Waals surface area contributed by atoms with Gasteiger partial charge in [0.05, 0.1) is 12.0 Å². The summed E-state index contributed by atoms with van der Waals surface area (Å²) in [7, 11) is 1.70. The van der Waals surface area contributed by atoms with E-state index in [2.05, 4.69) is 5.32 Å². The molecule has 0 bridgehead atoms. The number of anilines is 1. The molecule has 2 amide bonds. The predicted molar refractivity (Wildman–Crippen MR) is 109 cm³/mol. The van der Waals surface area contributed by atoms with Gasteiger partial charge in [-0.25, -0.2) is 0 Å². The van der Waals surface area contributed by atoms with Gasteiger partial charge in [-0.1, -0.05) is 48.4 Å². The number of likely N-dealkylation sites (N-methyl/N-ethyl adjacent to an activating group) is 1. The van der Waals surface area contributed by atoms with Gasteiger partial charge in [0.1, 0.15) is 0 Å². The number of nitrogens with zero attached hydrogens (tertiary/aromatic N) is 1. The molecule has 27 heavy (non-hydrogen) atoms. The Labute approximate surface area is 165 Å². The number of rotatable bonds is 5. The van der Waals surface area contributed by atoms with Crippen molar-refractivity contribution >= 4 is 29.1 Å². The Bertz CT molecular complexity index is 837. The molecule has 3 rings (SSSR count). The summed E-state index contributed by atoms with van der Waals surface area (Å²) in [5, 5.41) is 3.60. The Kier molecular flexibility index (Phi) is 5.56. The fourth-order valence-electron chi connectivity index (χ4n) is 3.77. The van der Waals surface area contributed by atoms with E-state index in [1.54, 1.807) is 7.05 Å². The van der Waals surface area contributed by atoms with Gasteiger partial charge in [0.25, 0.3) is 0 Å². The van der Waals surface area contributed by atoms with Crippen LogP contribution in [0.1, 0.15) is 36.0 Å². The van der Waals surface area contributed by atoms with Crippen LogP contribution in [0.15, 0.2) is 42.5 Å². The van der Waals surface area contributed by atoms with Crippen molar-refractivity contribution in [3.63, 3.8) is 0 Å². The number of halogens is 1. The summed E-state index contributed by atoms with van der Waals surface area (Å²) in [4.78, 5) is 27.2. The summed E-state index contributed by atoms with van der Waals surface area (Å²) >= 11 is 5.99. The van der Waals surface area contributed by atoms with E-state index in [4.69, 9.17) is 11.6 Å².